The Balaban J connectivity index is 0.00000324. The monoisotopic (exact) mass is 502 g/mol. The first kappa shape index (κ1) is 25.3. The van der Waals surface area contributed by atoms with Crippen LogP contribution in [0.15, 0.2) is 49.1 Å². The number of carbonyl (C=O) groups excluding carboxylic acids is 1. The molecule has 2 heterocycles. The van der Waals surface area contributed by atoms with Gasteiger partial charge in [0.2, 0.25) is 5.75 Å². The number of aryl methyl sites for hydroxylation is 2. The van der Waals surface area contributed by atoms with E-state index in [4.69, 9.17) is 19.2 Å². The number of imidazole rings is 1. The van der Waals surface area contributed by atoms with Gasteiger partial charge in [0.05, 0.1) is 37.9 Å². The van der Waals surface area contributed by atoms with Crippen LogP contribution in [-0.2, 0) is 6.54 Å². The third-order valence-electron chi connectivity index (χ3n) is 5.35. The van der Waals surface area contributed by atoms with Gasteiger partial charge >= 0.3 is 0 Å². The van der Waals surface area contributed by atoms with Gasteiger partial charge in [-0.2, -0.15) is 0 Å². The van der Waals surface area contributed by atoms with Crippen molar-refractivity contribution in [2.75, 3.05) is 32.8 Å². The number of methoxy groups -OCH3 is 3. The number of benzene rings is 2. The van der Waals surface area contributed by atoms with Crippen molar-refractivity contribution in [1.82, 2.24) is 14.5 Å². The number of anilines is 1. The highest BCUT2D eigenvalue weighted by Gasteiger charge is 2.24. The first-order valence-electron chi connectivity index (χ1n) is 10.5. The second-order valence-corrected chi connectivity index (χ2v) is 8.45. The quantitative estimate of drug-likeness (QED) is 0.321. The minimum atomic E-state index is -0.184. The lowest BCUT2D eigenvalue weighted by molar-refractivity contribution is 0.0985. The lowest BCUT2D eigenvalue weighted by atomic mass is 10.1. The third-order valence-corrected chi connectivity index (χ3v) is 6.40. The van der Waals surface area contributed by atoms with Crippen LogP contribution in [0.3, 0.4) is 0 Å². The number of thiazole rings is 1. The van der Waals surface area contributed by atoms with Gasteiger partial charge in [-0.3, -0.25) is 9.69 Å². The number of halogens is 1. The summed E-state index contributed by atoms with van der Waals surface area (Å²) < 4.78 is 19.3. The van der Waals surface area contributed by atoms with E-state index < -0.39 is 0 Å². The van der Waals surface area contributed by atoms with Crippen LogP contribution < -0.4 is 19.1 Å². The highest BCUT2D eigenvalue weighted by Crippen LogP contribution is 2.39. The van der Waals surface area contributed by atoms with Crippen molar-refractivity contribution < 1.29 is 19.0 Å². The molecule has 10 heteroatoms. The first-order valence-corrected chi connectivity index (χ1v) is 11.3. The summed E-state index contributed by atoms with van der Waals surface area (Å²) >= 11 is 1.51. The predicted octanol–water partition coefficient (Wildman–Crippen LogP) is 4.99. The fourth-order valence-corrected chi connectivity index (χ4v) is 4.73. The fourth-order valence-electron chi connectivity index (χ4n) is 3.66. The number of nitrogens with zero attached hydrogens (tertiary/aromatic N) is 4. The van der Waals surface area contributed by atoms with Gasteiger partial charge in [-0.25, -0.2) is 9.97 Å². The van der Waals surface area contributed by atoms with Gasteiger partial charge in [0.15, 0.2) is 16.6 Å². The SMILES string of the molecule is COc1cc(C(=O)N(CCCn2ccnc2)c2nc3c(C)cccc3s2)cc(OC)c1OC.Cl. The maximum Gasteiger partial charge on any atom is 0.260 e. The molecule has 0 radical (unpaired) electrons. The Hall–Kier alpha value is -3.30. The Morgan fingerprint density at radius 3 is 2.44 bits per heavy atom. The fraction of sp³-hybridized carbons (Fsp3) is 0.292. The summed E-state index contributed by atoms with van der Waals surface area (Å²) in [6, 6.07) is 9.40. The summed E-state index contributed by atoms with van der Waals surface area (Å²) in [6.07, 6.45) is 6.16. The van der Waals surface area contributed by atoms with Crippen LogP contribution in [0, 0.1) is 6.92 Å². The molecule has 0 spiro atoms. The molecule has 0 N–H and O–H groups in total. The van der Waals surface area contributed by atoms with Crippen molar-refractivity contribution in [2.24, 2.45) is 0 Å². The summed E-state index contributed by atoms with van der Waals surface area (Å²) in [6.45, 7) is 3.26. The molecule has 2 aromatic carbocycles. The molecule has 0 unspecified atom stereocenters. The molecular weight excluding hydrogens is 476 g/mol. The molecule has 0 fully saturated rings. The highest BCUT2D eigenvalue weighted by molar-refractivity contribution is 7.22. The number of aromatic nitrogens is 3. The van der Waals surface area contributed by atoms with E-state index in [1.54, 1.807) is 29.6 Å². The summed E-state index contributed by atoms with van der Waals surface area (Å²) in [5.74, 6) is 1.12. The van der Waals surface area contributed by atoms with Crippen LogP contribution in [-0.4, -0.2) is 48.3 Å². The predicted molar refractivity (Wildman–Crippen MR) is 136 cm³/mol. The number of ether oxygens (including phenoxy) is 3. The third kappa shape index (κ3) is 5.10. The molecule has 0 saturated carbocycles. The molecule has 0 aliphatic heterocycles. The largest absolute Gasteiger partial charge is 0.493 e. The van der Waals surface area contributed by atoms with E-state index in [2.05, 4.69) is 4.98 Å². The van der Waals surface area contributed by atoms with Crippen LogP contribution in [0.4, 0.5) is 5.13 Å². The average molecular weight is 503 g/mol. The topological polar surface area (TPSA) is 78.7 Å². The molecule has 0 saturated heterocycles. The minimum absolute atomic E-state index is 0. The zero-order chi connectivity index (χ0) is 23.4. The summed E-state index contributed by atoms with van der Waals surface area (Å²) in [5, 5.41) is 0.656. The van der Waals surface area contributed by atoms with E-state index in [0.29, 0.717) is 34.5 Å². The smallest absolute Gasteiger partial charge is 0.260 e. The van der Waals surface area contributed by atoms with Gasteiger partial charge in [0.1, 0.15) is 0 Å². The van der Waals surface area contributed by atoms with Crippen molar-refractivity contribution in [3.63, 3.8) is 0 Å². The van der Waals surface area contributed by atoms with Gasteiger partial charge in [-0.1, -0.05) is 23.5 Å². The number of carbonyl (C=O) groups is 1. The van der Waals surface area contributed by atoms with Gasteiger partial charge in [0, 0.05) is 31.0 Å². The number of amides is 1. The van der Waals surface area contributed by atoms with Crippen LogP contribution in [0.25, 0.3) is 10.2 Å². The van der Waals surface area contributed by atoms with E-state index >= 15 is 0 Å². The molecule has 0 aliphatic carbocycles. The van der Waals surface area contributed by atoms with Gasteiger partial charge in [-0.05, 0) is 37.1 Å². The Bertz CT molecular complexity index is 1230. The van der Waals surface area contributed by atoms with Crippen molar-refractivity contribution >= 4 is 45.0 Å². The molecule has 0 atom stereocenters. The normalized spacial score (nSPS) is 10.6. The van der Waals surface area contributed by atoms with E-state index in [1.165, 1.54) is 32.7 Å². The van der Waals surface area contributed by atoms with E-state index in [1.807, 2.05) is 35.9 Å². The van der Waals surface area contributed by atoms with Crippen LogP contribution in [0.1, 0.15) is 22.3 Å². The summed E-state index contributed by atoms with van der Waals surface area (Å²) in [5.41, 5.74) is 2.42. The van der Waals surface area contributed by atoms with Gasteiger partial charge < -0.3 is 18.8 Å². The lowest BCUT2D eigenvalue weighted by Crippen LogP contribution is -2.32. The molecule has 2 aromatic heterocycles. The van der Waals surface area contributed by atoms with E-state index in [0.717, 1.165) is 28.7 Å². The molecule has 1 amide bonds. The van der Waals surface area contributed by atoms with E-state index in [9.17, 15) is 4.79 Å². The van der Waals surface area contributed by atoms with Crippen molar-refractivity contribution in [2.45, 2.75) is 19.9 Å². The first-order chi connectivity index (χ1) is 16.0. The maximum absolute atomic E-state index is 13.8. The Morgan fingerprint density at radius 2 is 1.85 bits per heavy atom. The molecular formula is C24H27ClN4O4S. The summed E-state index contributed by atoms with van der Waals surface area (Å²) in [7, 11) is 4.60. The van der Waals surface area contributed by atoms with E-state index in [-0.39, 0.29) is 18.3 Å². The van der Waals surface area contributed by atoms with Gasteiger partial charge in [0.25, 0.3) is 5.91 Å². The highest BCUT2D eigenvalue weighted by atomic mass is 35.5. The standard InChI is InChI=1S/C24H26N4O4S.ClH/c1-16-7-5-8-20-21(16)26-24(33-20)28(11-6-10-27-12-9-25-15-27)23(29)17-13-18(30-2)22(32-4)19(14-17)31-3;/h5,7-9,12-15H,6,10-11H2,1-4H3;1H. The zero-order valence-corrected chi connectivity index (χ0v) is 21.1. The van der Waals surface area contributed by atoms with Crippen LogP contribution >= 0.6 is 23.7 Å². The number of hydrogen-bond donors (Lipinski definition) is 0. The number of para-hydroxylation sites is 1. The molecule has 180 valence electrons. The van der Waals surface area contributed by atoms with Crippen molar-refractivity contribution in [3.05, 3.63) is 60.2 Å². The number of fused-ring (bicyclic) bond motifs is 1. The molecule has 4 rings (SSSR count). The van der Waals surface area contributed by atoms with Crippen LogP contribution in [0.2, 0.25) is 0 Å². The van der Waals surface area contributed by atoms with Crippen molar-refractivity contribution in [1.29, 1.82) is 0 Å². The summed E-state index contributed by atoms with van der Waals surface area (Å²) in [4.78, 5) is 24.4. The molecule has 8 nitrogen and oxygen atoms in total. The average Bonchev–Trinajstić information content (AvgIpc) is 3.51. The Labute approximate surface area is 208 Å². The van der Waals surface area contributed by atoms with Crippen LogP contribution in [0.5, 0.6) is 17.2 Å². The molecule has 34 heavy (non-hydrogen) atoms. The zero-order valence-electron chi connectivity index (χ0n) is 19.5. The number of rotatable bonds is 9. The van der Waals surface area contributed by atoms with Crippen molar-refractivity contribution in [3.8, 4) is 17.2 Å². The maximum atomic E-state index is 13.8. The second kappa shape index (κ2) is 11.2. The number of hydrogen-bond acceptors (Lipinski definition) is 7. The minimum Gasteiger partial charge on any atom is -0.493 e. The second-order valence-electron chi connectivity index (χ2n) is 7.44. The Kier molecular flexibility index (Phi) is 8.36. The Morgan fingerprint density at radius 1 is 1.12 bits per heavy atom. The van der Waals surface area contributed by atoms with Gasteiger partial charge in [-0.15, -0.1) is 12.4 Å². The molecule has 4 aromatic rings. The molecule has 0 bridgehead atoms. The molecule has 0 aliphatic rings. The lowest BCUT2D eigenvalue weighted by Gasteiger charge is -2.21.